The number of rotatable bonds is 2. The van der Waals surface area contributed by atoms with Crippen LogP contribution < -0.4 is 4.90 Å². The normalized spacial score (nSPS) is 17.8. The number of carbonyl (C=O) groups excluding carboxylic acids is 1. The molecule has 0 bridgehead atoms. The molecule has 1 fully saturated rings. The van der Waals surface area contributed by atoms with E-state index >= 15 is 0 Å². The molecule has 29 heavy (non-hydrogen) atoms. The van der Waals surface area contributed by atoms with Gasteiger partial charge in [-0.05, 0) is 39.8 Å². The highest BCUT2D eigenvalue weighted by Crippen LogP contribution is 2.32. The summed E-state index contributed by atoms with van der Waals surface area (Å²) < 4.78 is 13.5. The van der Waals surface area contributed by atoms with Crippen molar-refractivity contribution in [3.63, 3.8) is 0 Å². The van der Waals surface area contributed by atoms with Gasteiger partial charge in [0.1, 0.15) is 11.1 Å². The van der Waals surface area contributed by atoms with Gasteiger partial charge < -0.3 is 23.5 Å². The third-order valence-corrected chi connectivity index (χ3v) is 4.95. The molecule has 0 saturated carbocycles. The van der Waals surface area contributed by atoms with Crippen LogP contribution in [-0.4, -0.2) is 56.8 Å². The van der Waals surface area contributed by atoms with Crippen LogP contribution in [-0.2, 0) is 4.74 Å². The molecular formula is C20H24ClN5O3. The van der Waals surface area contributed by atoms with Crippen LogP contribution in [0, 0.1) is 0 Å². The van der Waals surface area contributed by atoms with Crippen LogP contribution in [0.4, 0.5) is 10.8 Å². The van der Waals surface area contributed by atoms with Crippen LogP contribution in [0.3, 0.4) is 0 Å². The molecule has 1 aliphatic rings. The standard InChI is InChI=1S/C20H24ClN5O3/c1-13-11-24(19(27)29-20(2,3)4)7-8-26(13)18-23-15-9-14(21)10-16(17(15)28-18)25-6-5-22-12-25/h5-6,9-10,12-13H,7-8,11H2,1-4H3/t13-/m0/s1. The van der Waals surface area contributed by atoms with Crippen LogP contribution in [0.5, 0.6) is 0 Å². The number of hydrogen-bond donors (Lipinski definition) is 0. The van der Waals surface area contributed by atoms with Crippen LogP contribution in [0.1, 0.15) is 27.7 Å². The highest BCUT2D eigenvalue weighted by atomic mass is 35.5. The molecule has 1 saturated heterocycles. The van der Waals surface area contributed by atoms with Gasteiger partial charge in [0, 0.05) is 43.1 Å². The molecule has 0 radical (unpaired) electrons. The van der Waals surface area contributed by atoms with Gasteiger partial charge in [-0.3, -0.25) is 0 Å². The van der Waals surface area contributed by atoms with Crippen molar-refractivity contribution in [2.24, 2.45) is 0 Å². The Bertz CT molecular complexity index is 1020. The number of amides is 1. The molecule has 1 amide bonds. The van der Waals surface area contributed by atoms with Gasteiger partial charge in [0.25, 0.3) is 6.01 Å². The molecule has 0 aliphatic carbocycles. The van der Waals surface area contributed by atoms with E-state index in [4.69, 9.17) is 20.8 Å². The largest absolute Gasteiger partial charge is 0.444 e. The van der Waals surface area contributed by atoms with Crippen molar-refractivity contribution in [3.05, 3.63) is 35.9 Å². The number of fused-ring (bicyclic) bond motifs is 1. The first kappa shape index (κ1) is 19.6. The Morgan fingerprint density at radius 2 is 2.10 bits per heavy atom. The zero-order valence-corrected chi connectivity index (χ0v) is 17.7. The summed E-state index contributed by atoms with van der Waals surface area (Å²) >= 11 is 6.28. The maximum Gasteiger partial charge on any atom is 0.410 e. The van der Waals surface area contributed by atoms with E-state index in [0.29, 0.717) is 41.8 Å². The molecule has 0 spiro atoms. The minimum atomic E-state index is -0.513. The topological polar surface area (TPSA) is 76.6 Å². The van der Waals surface area contributed by atoms with Crippen LogP contribution in [0.25, 0.3) is 16.8 Å². The molecule has 0 unspecified atom stereocenters. The average molecular weight is 418 g/mol. The van der Waals surface area contributed by atoms with Crippen molar-refractivity contribution < 1.29 is 13.9 Å². The number of carbonyl (C=O) groups is 1. The van der Waals surface area contributed by atoms with E-state index in [9.17, 15) is 4.79 Å². The molecule has 4 rings (SSSR count). The van der Waals surface area contributed by atoms with Crippen molar-refractivity contribution in [2.45, 2.75) is 39.3 Å². The summed E-state index contributed by atoms with van der Waals surface area (Å²) in [5.41, 5.74) is 1.59. The maximum atomic E-state index is 12.4. The first-order valence-corrected chi connectivity index (χ1v) is 9.92. The minimum Gasteiger partial charge on any atom is -0.444 e. The van der Waals surface area contributed by atoms with E-state index in [1.54, 1.807) is 23.5 Å². The predicted molar refractivity (Wildman–Crippen MR) is 111 cm³/mol. The lowest BCUT2D eigenvalue weighted by Crippen LogP contribution is -2.54. The number of aromatic nitrogens is 3. The molecule has 154 valence electrons. The number of hydrogen-bond acceptors (Lipinski definition) is 6. The Hall–Kier alpha value is -2.74. The molecule has 8 nitrogen and oxygen atoms in total. The second-order valence-corrected chi connectivity index (χ2v) is 8.64. The second kappa shape index (κ2) is 7.26. The molecule has 2 aromatic heterocycles. The number of ether oxygens (including phenoxy) is 1. The number of oxazole rings is 1. The monoisotopic (exact) mass is 417 g/mol. The van der Waals surface area contributed by atoms with Crippen molar-refractivity contribution in [2.75, 3.05) is 24.5 Å². The molecule has 1 aromatic carbocycles. The summed E-state index contributed by atoms with van der Waals surface area (Å²) in [6.07, 6.45) is 4.92. The fraction of sp³-hybridized carbons (Fsp3) is 0.450. The Kier molecular flexibility index (Phi) is 4.90. The molecular weight excluding hydrogens is 394 g/mol. The highest BCUT2D eigenvalue weighted by Gasteiger charge is 2.32. The van der Waals surface area contributed by atoms with Gasteiger partial charge in [-0.2, -0.15) is 4.98 Å². The molecule has 1 atom stereocenters. The number of nitrogens with zero attached hydrogens (tertiary/aromatic N) is 5. The van der Waals surface area contributed by atoms with Gasteiger partial charge >= 0.3 is 6.09 Å². The molecule has 9 heteroatoms. The Labute approximate surface area is 174 Å². The van der Waals surface area contributed by atoms with Gasteiger partial charge in [-0.1, -0.05) is 11.6 Å². The summed E-state index contributed by atoms with van der Waals surface area (Å²) in [6.45, 7) is 9.30. The highest BCUT2D eigenvalue weighted by molar-refractivity contribution is 6.31. The fourth-order valence-electron chi connectivity index (χ4n) is 3.42. The van der Waals surface area contributed by atoms with E-state index < -0.39 is 5.60 Å². The number of benzene rings is 1. The van der Waals surface area contributed by atoms with Gasteiger partial charge in [0.05, 0.1) is 12.0 Å². The zero-order chi connectivity index (χ0) is 20.8. The molecule has 1 aliphatic heterocycles. The maximum absolute atomic E-state index is 12.4. The number of imidazole rings is 1. The second-order valence-electron chi connectivity index (χ2n) is 8.21. The van der Waals surface area contributed by atoms with Crippen LogP contribution >= 0.6 is 11.6 Å². The molecule has 3 aromatic rings. The third kappa shape index (κ3) is 4.03. The lowest BCUT2D eigenvalue weighted by Gasteiger charge is -2.39. The summed E-state index contributed by atoms with van der Waals surface area (Å²) in [4.78, 5) is 24.9. The zero-order valence-electron chi connectivity index (χ0n) is 16.9. The summed E-state index contributed by atoms with van der Waals surface area (Å²) in [7, 11) is 0. The van der Waals surface area contributed by atoms with Crippen molar-refractivity contribution in [1.82, 2.24) is 19.4 Å². The van der Waals surface area contributed by atoms with E-state index in [2.05, 4.69) is 14.9 Å². The van der Waals surface area contributed by atoms with Gasteiger partial charge in [0.15, 0.2) is 5.58 Å². The molecule has 3 heterocycles. The van der Waals surface area contributed by atoms with E-state index in [-0.39, 0.29) is 12.1 Å². The Morgan fingerprint density at radius 3 is 2.76 bits per heavy atom. The van der Waals surface area contributed by atoms with Crippen LogP contribution in [0.15, 0.2) is 35.3 Å². The number of anilines is 1. The first-order valence-electron chi connectivity index (χ1n) is 9.54. The first-order chi connectivity index (χ1) is 13.7. The third-order valence-electron chi connectivity index (χ3n) is 4.73. The average Bonchev–Trinajstić information content (AvgIpc) is 3.29. The Morgan fingerprint density at radius 1 is 1.31 bits per heavy atom. The predicted octanol–water partition coefficient (Wildman–Crippen LogP) is 4.11. The van der Waals surface area contributed by atoms with Crippen LogP contribution in [0.2, 0.25) is 5.02 Å². The summed E-state index contributed by atoms with van der Waals surface area (Å²) in [5, 5.41) is 0.573. The smallest absolute Gasteiger partial charge is 0.410 e. The SMILES string of the molecule is C[C@H]1CN(C(=O)OC(C)(C)C)CCN1c1nc2cc(Cl)cc(-n3ccnc3)c2o1. The quantitative estimate of drug-likeness (QED) is 0.624. The van der Waals surface area contributed by atoms with E-state index in [0.717, 1.165) is 5.69 Å². The van der Waals surface area contributed by atoms with E-state index in [1.807, 2.05) is 44.5 Å². The van der Waals surface area contributed by atoms with Gasteiger partial charge in [-0.15, -0.1) is 0 Å². The van der Waals surface area contributed by atoms with Gasteiger partial charge in [0.2, 0.25) is 0 Å². The van der Waals surface area contributed by atoms with Crippen molar-refractivity contribution in [3.8, 4) is 5.69 Å². The Balaban J connectivity index is 1.58. The lowest BCUT2D eigenvalue weighted by molar-refractivity contribution is 0.0216. The summed E-state index contributed by atoms with van der Waals surface area (Å²) in [5.74, 6) is 0. The molecule has 0 N–H and O–H groups in total. The van der Waals surface area contributed by atoms with E-state index in [1.165, 1.54) is 0 Å². The minimum absolute atomic E-state index is 0.0245. The van der Waals surface area contributed by atoms with Crippen molar-refractivity contribution >= 4 is 34.8 Å². The number of halogens is 1. The van der Waals surface area contributed by atoms with Gasteiger partial charge in [-0.25, -0.2) is 9.78 Å². The fourth-order valence-corrected chi connectivity index (χ4v) is 3.63. The lowest BCUT2D eigenvalue weighted by atomic mass is 10.2. The summed E-state index contributed by atoms with van der Waals surface area (Å²) in [6, 6.07) is 4.15. The number of piperazine rings is 1. The van der Waals surface area contributed by atoms with Crippen molar-refractivity contribution in [1.29, 1.82) is 0 Å².